The van der Waals surface area contributed by atoms with Gasteiger partial charge in [0, 0.05) is 18.8 Å². The lowest BCUT2D eigenvalue weighted by molar-refractivity contribution is 0.169. The third-order valence-corrected chi connectivity index (χ3v) is 3.50. The Balaban J connectivity index is 1.96. The molecule has 2 rings (SSSR count). The van der Waals surface area contributed by atoms with E-state index in [1.54, 1.807) is 24.3 Å². The first-order chi connectivity index (χ1) is 10.1. The summed E-state index contributed by atoms with van der Waals surface area (Å²) < 4.78 is 25.8. The Kier molecular flexibility index (Phi) is 5.28. The number of anilines is 1. The van der Waals surface area contributed by atoms with Crippen molar-refractivity contribution in [3.8, 4) is 0 Å². The summed E-state index contributed by atoms with van der Waals surface area (Å²) in [5, 5.41) is 10.1. The van der Waals surface area contributed by atoms with Gasteiger partial charge < -0.3 is 10.0 Å². The van der Waals surface area contributed by atoms with Gasteiger partial charge in [-0.25, -0.2) is 8.78 Å². The Bertz CT molecular complexity index is 554. The standard InChI is InChI=1S/C17H19F2NO/c1-2-20(16-9-7-15(19)8-10-16)12-11-17(21)13-3-5-14(18)6-4-13/h3-10,17,21H,2,11-12H2,1H3. The highest BCUT2D eigenvalue weighted by Gasteiger charge is 2.11. The minimum Gasteiger partial charge on any atom is -0.388 e. The summed E-state index contributed by atoms with van der Waals surface area (Å²) in [6.45, 7) is 3.41. The summed E-state index contributed by atoms with van der Waals surface area (Å²) in [5.41, 5.74) is 1.62. The number of hydrogen-bond donors (Lipinski definition) is 1. The topological polar surface area (TPSA) is 23.5 Å². The van der Waals surface area contributed by atoms with Crippen molar-refractivity contribution in [2.75, 3.05) is 18.0 Å². The van der Waals surface area contributed by atoms with E-state index in [1.165, 1.54) is 24.3 Å². The summed E-state index contributed by atoms with van der Waals surface area (Å²) >= 11 is 0. The second kappa shape index (κ2) is 7.18. The predicted molar refractivity (Wildman–Crippen MR) is 80.3 cm³/mol. The van der Waals surface area contributed by atoms with Crippen LogP contribution in [-0.4, -0.2) is 18.2 Å². The van der Waals surface area contributed by atoms with Crippen molar-refractivity contribution in [1.82, 2.24) is 0 Å². The van der Waals surface area contributed by atoms with Gasteiger partial charge in [0.2, 0.25) is 0 Å². The molecule has 1 unspecified atom stereocenters. The molecule has 4 heteroatoms. The zero-order valence-corrected chi connectivity index (χ0v) is 12.0. The van der Waals surface area contributed by atoms with Crippen molar-refractivity contribution in [3.63, 3.8) is 0 Å². The van der Waals surface area contributed by atoms with E-state index in [9.17, 15) is 13.9 Å². The van der Waals surface area contributed by atoms with Crippen LogP contribution in [0.25, 0.3) is 0 Å². The fourth-order valence-electron chi connectivity index (χ4n) is 2.25. The highest BCUT2D eigenvalue weighted by molar-refractivity contribution is 5.46. The van der Waals surface area contributed by atoms with Gasteiger partial charge in [0.1, 0.15) is 11.6 Å². The van der Waals surface area contributed by atoms with E-state index < -0.39 is 6.10 Å². The number of benzene rings is 2. The maximum Gasteiger partial charge on any atom is 0.123 e. The quantitative estimate of drug-likeness (QED) is 0.872. The fourth-order valence-corrected chi connectivity index (χ4v) is 2.25. The lowest BCUT2D eigenvalue weighted by atomic mass is 10.1. The molecule has 2 aromatic rings. The van der Waals surface area contributed by atoms with Gasteiger partial charge in [-0.2, -0.15) is 0 Å². The molecule has 0 radical (unpaired) electrons. The number of halogens is 2. The number of aliphatic hydroxyl groups excluding tert-OH is 1. The summed E-state index contributed by atoms with van der Waals surface area (Å²) in [6.07, 6.45) is -0.114. The average Bonchev–Trinajstić information content (AvgIpc) is 2.50. The minimum absolute atomic E-state index is 0.263. The van der Waals surface area contributed by atoms with Gasteiger partial charge >= 0.3 is 0 Å². The van der Waals surface area contributed by atoms with Crippen molar-refractivity contribution in [2.45, 2.75) is 19.4 Å². The molecule has 2 aromatic carbocycles. The lowest BCUT2D eigenvalue weighted by Gasteiger charge is -2.24. The van der Waals surface area contributed by atoms with E-state index >= 15 is 0 Å². The van der Waals surface area contributed by atoms with E-state index in [1.807, 2.05) is 6.92 Å². The molecule has 0 aliphatic heterocycles. The van der Waals surface area contributed by atoms with E-state index in [4.69, 9.17) is 0 Å². The van der Waals surface area contributed by atoms with Crippen LogP contribution >= 0.6 is 0 Å². The van der Waals surface area contributed by atoms with Crippen LogP contribution in [0.15, 0.2) is 48.5 Å². The summed E-state index contributed by atoms with van der Waals surface area (Å²) in [7, 11) is 0. The van der Waals surface area contributed by atoms with Crippen LogP contribution in [0.1, 0.15) is 25.0 Å². The molecular formula is C17H19F2NO. The molecular weight excluding hydrogens is 272 g/mol. The van der Waals surface area contributed by atoms with Crippen molar-refractivity contribution < 1.29 is 13.9 Å². The number of nitrogens with zero attached hydrogens (tertiary/aromatic N) is 1. The summed E-state index contributed by atoms with van der Waals surface area (Å²) in [6, 6.07) is 12.2. The molecule has 0 aliphatic rings. The molecule has 0 amide bonds. The van der Waals surface area contributed by atoms with Gasteiger partial charge in [-0.3, -0.25) is 0 Å². The summed E-state index contributed by atoms with van der Waals surface area (Å²) in [5.74, 6) is -0.575. The van der Waals surface area contributed by atoms with Crippen molar-refractivity contribution >= 4 is 5.69 Å². The molecule has 0 aliphatic carbocycles. The van der Waals surface area contributed by atoms with E-state index in [2.05, 4.69) is 4.90 Å². The van der Waals surface area contributed by atoms with Crippen LogP contribution in [-0.2, 0) is 0 Å². The molecule has 21 heavy (non-hydrogen) atoms. The summed E-state index contributed by atoms with van der Waals surface area (Å²) in [4.78, 5) is 2.06. The molecule has 0 bridgehead atoms. The van der Waals surface area contributed by atoms with Crippen LogP contribution < -0.4 is 4.90 Å². The molecule has 0 aromatic heterocycles. The molecule has 0 heterocycles. The normalized spacial score (nSPS) is 12.2. The van der Waals surface area contributed by atoms with Gasteiger partial charge in [-0.15, -0.1) is 0 Å². The molecule has 0 spiro atoms. The van der Waals surface area contributed by atoms with Crippen LogP contribution in [0.3, 0.4) is 0 Å². The predicted octanol–water partition coefficient (Wildman–Crippen LogP) is 3.91. The SMILES string of the molecule is CCN(CCC(O)c1ccc(F)cc1)c1ccc(F)cc1. The van der Waals surface area contributed by atoms with Gasteiger partial charge in [-0.1, -0.05) is 12.1 Å². The second-order valence-electron chi connectivity index (χ2n) is 4.91. The first-order valence-electron chi connectivity index (χ1n) is 7.04. The van der Waals surface area contributed by atoms with Crippen LogP contribution in [0.5, 0.6) is 0 Å². The van der Waals surface area contributed by atoms with Crippen LogP contribution in [0.4, 0.5) is 14.5 Å². The highest BCUT2D eigenvalue weighted by atomic mass is 19.1. The lowest BCUT2D eigenvalue weighted by Crippen LogP contribution is -2.25. The number of rotatable bonds is 6. The molecule has 1 N–H and O–H groups in total. The Labute approximate surface area is 123 Å². The highest BCUT2D eigenvalue weighted by Crippen LogP contribution is 2.20. The van der Waals surface area contributed by atoms with E-state index in [0.29, 0.717) is 18.5 Å². The van der Waals surface area contributed by atoms with Gasteiger partial charge in [0.05, 0.1) is 6.10 Å². The van der Waals surface area contributed by atoms with E-state index in [0.717, 1.165) is 12.2 Å². The fraction of sp³-hybridized carbons (Fsp3) is 0.294. The Hall–Kier alpha value is -1.94. The zero-order chi connectivity index (χ0) is 15.2. The zero-order valence-electron chi connectivity index (χ0n) is 12.0. The molecule has 0 saturated heterocycles. The van der Waals surface area contributed by atoms with Gasteiger partial charge in [0.25, 0.3) is 0 Å². The van der Waals surface area contributed by atoms with Crippen LogP contribution in [0, 0.1) is 11.6 Å². The monoisotopic (exact) mass is 291 g/mol. The van der Waals surface area contributed by atoms with Gasteiger partial charge in [0.15, 0.2) is 0 Å². The molecule has 0 saturated carbocycles. The Morgan fingerprint density at radius 2 is 1.48 bits per heavy atom. The maximum atomic E-state index is 12.9. The van der Waals surface area contributed by atoms with Crippen molar-refractivity contribution in [3.05, 3.63) is 65.7 Å². The maximum absolute atomic E-state index is 12.9. The minimum atomic E-state index is -0.639. The molecule has 0 fully saturated rings. The smallest absolute Gasteiger partial charge is 0.123 e. The molecule has 2 nitrogen and oxygen atoms in total. The number of hydrogen-bond acceptors (Lipinski definition) is 2. The van der Waals surface area contributed by atoms with Crippen LogP contribution in [0.2, 0.25) is 0 Å². The Morgan fingerprint density at radius 1 is 0.952 bits per heavy atom. The first kappa shape index (κ1) is 15.4. The van der Waals surface area contributed by atoms with Gasteiger partial charge in [-0.05, 0) is 55.3 Å². The third-order valence-electron chi connectivity index (χ3n) is 3.50. The van der Waals surface area contributed by atoms with Crippen molar-refractivity contribution in [2.24, 2.45) is 0 Å². The first-order valence-corrected chi connectivity index (χ1v) is 7.04. The largest absolute Gasteiger partial charge is 0.388 e. The average molecular weight is 291 g/mol. The molecule has 1 atom stereocenters. The second-order valence-corrected chi connectivity index (χ2v) is 4.91. The number of aliphatic hydroxyl groups is 1. The van der Waals surface area contributed by atoms with E-state index in [-0.39, 0.29) is 11.6 Å². The Morgan fingerprint density at radius 3 is 2.00 bits per heavy atom. The van der Waals surface area contributed by atoms with Crippen molar-refractivity contribution in [1.29, 1.82) is 0 Å². The third kappa shape index (κ3) is 4.26. The molecule has 112 valence electrons.